The van der Waals surface area contributed by atoms with Crippen LogP contribution in [0.25, 0.3) is 10.4 Å². The Morgan fingerprint density at radius 3 is 2.56 bits per heavy atom. The highest BCUT2D eigenvalue weighted by atomic mass is 32.1. The second kappa shape index (κ2) is 9.47. The molecule has 2 heterocycles. The van der Waals surface area contributed by atoms with Crippen LogP contribution in [0, 0.1) is 0 Å². The molecule has 2 aromatic rings. The Hall–Kier alpha value is -3.28. The fourth-order valence-corrected chi connectivity index (χ4v) is 4.40. The molecule has 1 saturated heterocycles. The average Bonchev–Trinajstić information content (AvgIpc) is 2.97. The maximum absolute atomic E-state index is 13.1. The first kappa shape index (κ1) is 23.4. The maximum Gasteiger partial charge on any atom is 0.416 e. The van der Waals surface area contributed by atoms with Crippen LogP contribution in [-0.2, 0) is 10.9 Å². The fourth-order valence-electron chi connectivity index (χ4n) is 3.35. The molecule has 1 unspecified atom stereocenters. The number of esters is 1. The smallest absolute Gasteiger partial charge is 0.416 e. The van der Waals surface area contributed by atoms with Crippen molar-refractivity contribution in [2.75, 3.05) is 18.4 Å². The summed E-state index contributed by atoms with van der Waals surface area (Å²) in [5.41, 5.74) is 9.84. The lowest BCUT2D eigenvalue weighted by Gasteiger charge is -2.22. The molecule has 1 fully saturated rings. The Kier molecular flexibility index (Phi) is 6.92. The molecule has 1 aliphatic heterocycles. The molecular formula is C20H21F3N4O4S. The standard InChI is InChI=1S/C20H21F3N4O4S/c21-20(22,23)12-5-3-4-11(8-12)15-9-14(16(32-15)26-18(24)29)17(28)31-13-6-1-2-7-27(10-13)19(25)30/h3-5,8-9,13H,1-2,6-7,10H2,(H2,25,30)(H3,24,26,29). The number of nitrogens with two attached hydrogens (primary N) is 2. The Morgan fingerprint density at radius 1 is 1.16 bits per heavy atom. The van der Waals surface area contributed by atoms with E-state index in [1.807, 2.05) is 0 Å². The predicted molar refractivity (Wildman–Crippen MR) is 112 cm³/mol. The van der Waals surface area contributed by atoms with Gasteiger partial charge in [0.1, 0.15) is 11.1 Å². The zero-order valence-electron chi connectivity index (χ0n) is 16.8. The molecule has 32 heavy (non-hydrogen) atoms. The number of carbonyl (C=O) groups excluding carboxylic acids is 3. The van der Waals surface area contributed by atoms with Crippen molar-refractivity contribution in [1.29, 1.82) is 0 Å². The maximum atomic E-state index is 13.1. The van der Waals surface area contributed by atoms with Gasteiger partial charge >= 0.3 is 24.2 Å². The summed E-state index contributed by atoms with van der Waals surface area (Å²) in [6, 6.07) is 4.38. The van der Waals surface area contributed by atoms with Crippen molar-refractivity contribution in [3.05, 3.63) is 41.5 Å². The Balaban J connectivity index is 1.88. The van der Waals surface area contributed by atoms with Crippen molar-refractivity contribution in [2.45, 2.75) is 31.5 Å². The first-order chi connectivity index (χ1) is 15.0. The van der Waals surface area contributed by atoms with E-state index in [1.54, 1.807) is 0 Å². The van der Waals surface area contributed by atoms with Crippen LogP contribution in [-0.4, -0.2) is 42.1 Å². The van der Waals surface area contributed by atoms with Gasteiger partial charge in [0.05, 0.1) is 17.7 Å². The number of primary amides is 2. The second-order valence-electron chi connectivity index (χ2n) is 7.23. The van der Waals surface area contributed by atoms with Gasteiger partial charge < -0.3 is 21.1 Å². The topological polar surface area (TPSA) is 128 Å². The number of anilines is 1. The van der Waals surface area contributed by atoms with Crippen LogP contribution < -0.4 is 16.8 Å². The molecule has 3 rings (SSSR count). The van der Waals surface area contributed by atoms with Crippen LogP contribution in [0.4, 0.5) is 27.8 Å². The van der Waals surface area contributed by atoms with E-state index in [-0.39, 0.29) is 22.7 Å². The number of alkyl halides is 3. The normalized spacial score (nSPS) is 16.8. The number of ether oxygens (including phenoxy) is 1. The van der Waals surface area contributed by atoms with Gasteiger partial charge in [0.2, 0.25) is 0 Å². The fraction of sp³-hybridized carbons (Fsp3) is 0.350. The third-order valence-electron chi connectivity index (χ3n) is 4.88. The third-order valence-corrected chi connectivity index (χ3v) is 5.98. The van der Waals surface area contributed by atoms with Crippen molar-refractivity contribution in [2.24, 2.45) is 11.5 Å². The number of benzene rings is 1. The van der Waals surface area contributed by atoms with Crippen LogP contribution in [0.5, 0.6) is 0 Å². The SMILES string of the molecule is NC(=O)Nc1sc(-c2cccc(C(F)(F)F)c2)cc1C(=O)OC1CCCCN(C(N)=O)C1. The van der Waals surface area contributed by atoms with Gasteiger partial charge in [-0.25, -0.2) is 14.4 Å². The average molecular weight is 470 g/mol. The molecule has 5 N–H and O–H groups in total. The van der Waals surface area contributed by atoms with E-state index in [2.05, 4.69) is 5.32 Å². The molecule has 0 bridgehead atoms. The molecule has 0 radical (unpaired) electrons. The van der Waals surface area contributed by atoms with Crippen molar-refractivity contribution in [3.8, 4) is 10.4 Å². The number of halogens is 3. The van der Waals surface area contributed by atoms with Gasteiger partial charge in [-0.05, 0) is 43.0 Å². The zero-order valence-corrected chi connectivity index (χ0v) is 17.6. The van der Waals surface area contributed by atoms with E-state index in [9.17, 15) is 27.6 Å². The molecule has 0 saturated carbocycles. The lowest BCUT2D eigenvalue weighted by atomic mass is 10.1. The molecule has 1 aliphatic rings. The van der Waals surface area contributed by atoms with Gasteiger partial charge in [0.15, 0.2) is 0 Å². The number of carbonyl (C=O) groups is 3. The monoisotopic (exact) mass is 470 g/mol. The van der Waals surface area contributed by atoms with Crippen molar-refractivity contribution in [1.82, 2.24) is 4.90 Å². The molecule has 12 heteroatoms. The van der Waals surface area contributed by atoms with E-state index in [0.29, 0.717) is 30.7 Å². The van der Waals surface area contributed by atoms with Gasteiger partial charge in [-0.1, -0.05) is 12.1 Å². The van der Waals surface area contributed by atoms with Gasteiger partial charge in [0, 0.05) is 11.4 Å². The third kappa shape index (κ3) is 5.69. The molecule has 0 aliphatic carbocycles. The van der Waals surface area contributed by atoms with Gasteiger partial charge in [-0.2, -0.15) is 13.2 Å². The van der Waals surface area contributed by atoms with Crippen molar-refractivity contribution >= 4 is 34.4 Å². The van der Waals surface area contributed by atoms with E-state index in [4.69, 9.17) is 16.2 Å². The number of likely N-dealkylation sites (tertiary alicyclic amines) is 1. The predicted octanol–water partition coefficient (Wildman–Crippen LogP) is 4.01. The van der Waals surface area contributed by atoms with Crippen molar-refractivity contribution in [3.63, 3.8) is 0 Å². The van der Waals surface area contributed by atoms with E-state index in [0.717, 1.165) is 23.5 Å². The molecule has 1 aromatic heterocycles. The van der Waals surface area contributed by atoms with Crippen LogP contribution in [0.1, 0.15) is 35.2 Å². The first-order valence-electron chi connectivity index (χ1n) is 9.68. The first-order valence-corrected chi connectivity index (χ1v) is 10.5. The van der Waals surface area contributed by atoms with Crippen LogP contribution >= 0.6 is 11.3 Å². The molecule has 0 spiro atoms. The molecule has 172 valence electrons. The summed E-state index contributed by atoms with van der Waals surface area (Å²) in [5.74, 6) is -0.792. The van der Waals surface area contributed by atoms with Crippen LogP contribution in [0.15, 0.2) is 30.3 Å². The largest absolute Gasteiger partial charge is 0.457 e. The molecule has 1 atom stereocenters. The zero-order chi connectivity index (χ0) is 23.5. The number of hydrogen-bond donors (Lipinski definition) is 3. The summed E-state index contributed by atoms with van der Waals surface area (Å²) in [5, 5.41) is 2.37. The highest BCUT2D eigenvalue weighted by Crippen LogP contribution is 2.38. The minimum atomic E-state index is -4.53. The Labute approximate surface area is 185 Å². The number of amides is 4. The molecular weight excluding hydrogens is 449 g/mol. The van der Waals surface area contributed by atoms with Crippen LogP contribution in [0.2, 0.25) is 0 Å². The number of nitrogens with zero attached hydrogens (tertiary/aromatic N) is 1. The summed E-state index contributed by atoms with van der Waals surface area (Å²) in [4.78, 5) is 37.4. The quantitative estimate of drug-likeness (QED) is 0.583. The number of urea groups is 2. The summed E-state index contributed by atoms with van der Waals surface area (Å²) in [6.07, 6.45) is -3.21. The molecule has 8 nitrogen and oxygen atoms in total. The number of thiophene rings is 1. The highest BCUT2D eigenvalue weighted by Gasteiger charge is 2.31. The molecule has 4 amide bonds. The minimum Gasteiger partial charge on any atom is -0.457 e. The lowest BCUT2D eigenvalue weighted by molar-refractivity contribution is -0.137. The summed E-state index contributed by atoms with van der Waals surface area (Å²) in [7, 11) is 0. The van der Waals surface area contributed by atoms with Gasteiger partial charge in [-0.15, -0.1) is 11.3 Å². The number of nitrogens with one attached hydrogen (secondary N) is 1. The van der Waals surface area contributed by atoms with Crippen molar-refractivity contribution < 1.29 is 32.3 Å². The highest BCUT2D eigenvalue weighted by molar-refractivity contribution is 7.20. The van der Waals surface area contributed by atoms with E-state index < -0.39 is 35.9 Å². The summed E-state index contributed by atoms with van der Waals surface area (Å²) < 4.78 is 44.7. The number of rotatable bonds is 4. The number of hydrogen-bond acceptors (Lipinski definition) is 5. The second-order valence-corrected chi connectivity index (χ2v) is 8.28. The Morgan fingerprint density at radius 2 is 1.91 bits per heavy atom. The summed E-state index contributed by atoms with van der Waals surface area (Å²) >= 11 is 0.896. The van der Waals surface area contributed by atoms with Crippen LogP contribution in [0.3, 0.4) is 0 Å². The van der Waals surface area contributed by atoms with E-state index >= 15 is 0 Å². The Bertz CT molecular complexity index is 1020. The summed E-state index contributed by atoms with van der Waals surface area (Å²) in [6.45, 7) is 0.584. The minimum absolute atomic E-state index is 0.0453. The molecule has 1 aromatic carbocycles. The van der Waals surface area contributed by atoms with Gasteiger partial charge in [-0.3, -0.25) is 5.32 Å². The lowest BCUT2D eigenvalue weighted by Crippen LogP contribution is -2.41. The van der Waals surface area contributed by atoms with E-state index in [1.165, 1.54) is 23.1 Å². The van der Waals surface area contributed by atoms with Gasteiger partial charge in [0.25, 0.3) is 0 Å².